The fraction of sp³-hybridized carbons (Fsp3) is 0.500. The van der Waals surface area contributed by atoms with E-state index >= 15 is 0 Å². The Morgan fingerprint density at radius 2 is 1.96 bits per heavy atom. The van der Waals surface area contributed by atoms with Crippen LogP contribution in [-0.4, -0.2) is 39.4 Å². The van der Waals surface area contributed by atoms with Crippen molar-refractivity contribution in [3.05, 3.63) is 30.1 Å². The lowest BCUT2D eigenvalue weighted by Crippen LogP contribution is -2.32. The summed E-state index contributed by atoms with van der Waals surface area (Å²) in [4.78, 5) is 30.8. The molecule has 6 nitrogen and oxygen atoms in total. The zero-order chi connectivity index (χ0) is 16.9. The van der Waals surface area contributed by atoms with E-state index in [1.54, 1.807) is 0 Å². The van der Waals surface area contributed by atoms with Crippen molar-refractivity contribution in [1.82, 2.24) is 19.8 Å². The molecule has 0 aliphatic carbocycles. The summed E-state index contributed by atoms with van der Waals surface area (Å²) in [5.41, 5.74) is 1.79. The van der Waals surface area contributed by atoms with Gasteiger partial charge in [-0.3, -0.25) is 9.59 Å². The zero-order valence-corrected chi connectivity index (χ0v) is 14.1. The van der Waals surface area contributed by atoms with Crippen LogP contribution in [0.25, 0.3) is 11.0 Å². The van der Waals surface area contributed by atoms with Gasteiger partial charge in [0.2, 0.25) is 11.8 Å². The fourth-order valence-electron chi connectivity index (χ4n) is 3.13. The number of carbonyl (C=O) groups excluding carboxylic acids is 2. The number of carbonyl (C=O) groups is 2. The number of aromatic nitrogens is 2. The van der Waals surface area contributed by atoms with E-state index in [0.717, 1.165) is 49.2 Å². The van der Waals surface area contributed by atoms with Crippen LogP contribution >= 0.6 is 0 Å². The molecule has 0 radical (unpaired) electrons. The summed E-state index contributed by atoms with van der Waals surface area (Å²) in [6, 6.07) is 7.78. The molecular weight excluding hydrogens is 304 g/mol. The lowest BCUT2D eigenvalue weighted by Gasteiger charge is -2.17. The van der Waals surface area contributed by atoms with Gasteiger partial charge in [-0.15, -0.1) is 0 Å². The smallest absolute Gasteiger partial charge is 0.242 e. The molecule has 0 unspecified atom stereocenters. The first-order chi connectivity index (χ1) is 11.7. The lowest BCUT2D eigenvalue weighted by atomic mass is 10.3. The molecule has 2 aromatic rings. The summed E-state index contributed by atoms with van der Waals surface area (Å²) in [6.45, 7) is 4.28. The van der Waals surface area contributed by atoms with Gasteiger partial charge in [0.15, 0.2) is 0 Å². The van der Waals surface area contributed by atoms with Crippen molar-refractivity contribution in [3.63, 3.8) is 0 Å². The molecule has 1 aliphatic heterocycles. The molecule has 128 valence electrons. The number of hydrogen-bond donors (Lipinski definition) is 1. The molecule has 0 bridgehead atoms. The van der Waals surface area contributed by atoms with Crippen LogP contribution in [0.3, 0.4) is 0 Å². The van der Waals surface area contributed by atoms with Gasteiger partial charge in [-0.2, -0.15) is 0 Å². The van der Waals surface area contributed by atoms with Crippen LogP contribution in [0.15, 0.2) is 24.3 Å². The minimum Gasteiger partial charge on any atom is -0.349 e. The molecule has 6 heteroatoms. The molecule has 0 atom stereocenters. The molecule has 1 aromatic carbocycles. The van der Waals surface area contributed by atoms with Gasteiger partial charge in [-0.25, -0.2) is 4.98 Å². The van der Waals surface area contributed by atoms with Crippen molar-refractivity contribution in [1.29, 1.82) is 0 Å². The Labute approximate surface area is 141 Å². The number of likely N-dealkylation sites (tertiary alicyclic amines) is 1. The van der Waals surface area contributed by atoms with Crippen LogP contribution < -0.4 is 5.32 Å². The third kappa shape index (κ3) is 3.58. The molecule has 1 N–H and O–H groups in total. The molecule has 1 aromatic heterocycles. The number of nitrogens with one attached hydrogen (secondary N) is 1. The maximum atomic E-state index is 12.5. The number of rotatable bonds is 6. The first kappa shape index (κ1) is 16.5. The highest BCUT2D eigenvalue weighted by Gasteiger charge is 2.20. The lowest BCUT2D eigenvalue weighted by molar-refractivity contribution is -0.130. The van der Waals surface area contributed by atoms with Gasteiger partial charge >= 0.3 is 0 Å². The Kier molecular flexibility index (Phi) is 5.13. The van der Waals surface area contributed by atoms with Gasteiger partial charge in [0.1, 0.15) is 12.4 Å². The standard InChI is InChI=1S/C18H24N4O2/c1-2-7-17(23)19-12-16-20-14-8-3-4-9-15(14)22(16)13-18(24)21-10-5-6-11-21/h3-4,8-9H,2,5-7,10-13H2,1H3,(H,19,23). The van der Waals surface area contributed by atoms with E-state index in [1.807, 2.05) is 40.7 Å². The molecule has 0 saturated carbocycles. The quantitative estimate of drug-likeness (QED) is 0.883. The maximum absolute atomic E-state index is 12.5. The van der Waals surface area contributed by atoms with Crippen molar-refractivity contribution in [3.8, 4) is 0 Å². The van der Waals surface area contributed by atoms with E-state index in [2.05, 4.69) is 10.3 Å². The largest absolute Gasteiger partial charge is 0.349 e. The Hall–Kier alpha value is -2.37. The highest BCUT2D eigenvalue weighted by molar-refractivity contribution is 5.81. The zero-order valence-electron chi connectivity index (χ0n) is 14.1. The second-order valence-electron chi connectivity index (χ2n) is 6.22. The van der Waals surface area contributed by atoms with Crippen molar-refractivity contribution < 1.29 is 9.59 Å². The molecule has 1 saturated heterocycles. The number of amides is 2. The van der Waals surface area contributed by atoms with Gasteiger partial charge in [-0.05, 0) is 31.4 Å². The van der Waals surface area contributed by atoms with E-state index < -0.39 is 0 Å². The monoisotopic (exact) mass is 328 g/mol. The van der Waals surface area contributed by atoms with Gasteiger partial charge in [0.25, 0.3) is 0 Å². The second kappa shape index (κ2) is 7.47. The summed E-state index contributed by atoms with van der Waals surface area (Å²) < 4.78 is 1.93. The van der Waals surface area contributed by atoms with E-state index in [1.165, 1.54) is 0 Å². The SMILES string of the molecule is CCCC(=O)NCc1nc2ccccc2n1CC(=O)N1CCCC1. The number of nitrogens with zero attached hydrogens (tertiary/aromatic N) is 3. The fourth-order valence-corrected chi connectivity index (χ4v) is 3.13. The number of fused-ring (bicyclic) bond motifs is 1. The Bertz CT molecular complexity index is 732. The van der Waals surface area contributed by atoms with Crippen LogP contribution in [0.1, 0.15) is 38.4 Å². The first-order valence-electron chi connectivity index (χ1n) is 8.67. The molecule has 3 rings (SSSR count). The number of imidazole rings is 1. The van der Waals surface area contributed by atoms with Crippen LogP contribution in [0.2, 0.25) is 0 Å². The van der Waals surface area contributed by atoms with Crippen LogP contribution in [0, 0.1) is 0 Å². The van der Waals surface area contributed by atoms with Crippen LogP contribution in [-0.2, 0) is 22.7 Å². The molecule has 2 amide bonds. The van der Waals surface area contributed by atoms with Crippen molar-refractivity contribution in [2.45, 2.75) is 45.7 Å². The van der Waals surface area contributed by atoms with E-state index in [0.29, 0.717) is 13.0 Å². The third-order valence-corrected chi connectivity index (χ3v) is 4.41. The predicted octanol–water partition coefficient (Wildman–Crippen LogP) is 2.08. The van der Waals surface area contributed by atoms with Crippen molar-refractivity contribution in [2.24, 2.45) is 0 Å². The first-order valence-corrected chi connectivity index (χ1v) is 8.67. The summed E-state index contributed by atoms with van der Waals surface area (Å²) >= 11 is 0. The average Bonchev–Trinajstić information content (AvgIpc) is 3.22. The number of benzene rings is 1. The van der Waals surface area contributed by atoms with Gasteiger partial charge < -0.3 is 14.8 Å². The van der Waals surface area contributed by atoms with E-state index in [-0.39, 0.29) is 18.4 Å². The Morgan fingerprint density at radius 1 is 1.21 bits per heavy atom. The summed E-state index contributed by atoms with van der Waals surface area (Å²) in [5, 5.41) is 2.90. The van der Waals surface area contributed by atoms with Crippen LogP contribution in [0.4, 0.5) is 0 Å². The summed E-state index contributed by atoms with van der Waals surface area (Å²) in [6.07, 6.45) is 3.48. The molecule has 1 fully saturated rings. The predicted molar refractivity (Wildman–Crippen MR) is 92.3 cm³/mol. The Balaban J connectivity index is 1.81. The second-order valence-corrected chi connectivity index (χ2v) is 6.22. The van der Waals surface area contributed by atoms with Crippen LogP contribution in [0.5, 0.6) is 0 Å². The van der Waals surface area contributed by atoms with Gasteiger partial charge in [0, 0.05) is 19.5 Å². The molecule has 2 heterocycles. The maximum Gasteiger partial charge on any atom is 0.242 e. The van der Waals surface area contributed by atoms with E-state index in [9.17, 15) is 9.59 Å². The minimum absolute atomic E-state index is 0.0157. The molecule has 0 spiro atoms. The van der Waals surface area contributed by atoms with E-state index in [4.69, 9.17) is 0 Å². The number of para-hydroxylation sites is 2. The minimum atomic E-state index is 0.0157. The molecule has 1 aliphatic rings. The van der Waals surface area contributed by atoms with Crippen molar-refractivity contribution >= 4 is 22.8 Å². The summed E-state index contributed by atoms with van der Waals surface area (Å²) in [5.74, 6) is 0.868. The Morgan fingerprint density at radius 3 is 2.71 bits per heavy atom. The van der Waals surface area contributed by atoms with Gasteiger partial charge in [0.05, 0.1) is 17.6 Å². The average molecular weight is 328 g/mol. The number of hydrogen-bond acceptors (Lipinski definition) is 3. The highest BCUT2D eigenvalue weighted by atomic mass is 16.2. The third-order valence-electron chi connectivity index (χ3n) is 4.41. The topological polar surface area (TPSA) is 67.2 Å². The molecule has 24 heavy (non-hydrogen) atoms. The normalized spacial score (nSPS) is 14.3. The van der Waals surface area contributed by atoms with Gasteiger partial charge in [-0.1, -0.05) is 19.1 Å². The van der Waals surface area contributed by atoms with Crippen molar-refractivity contribution in [2.75, 3.05) is 13.1 Å². The molecular formula is C18H24N4O2. The highest BCUT2D eigenvalue weighted by Crippen LogP contribution is 2.17. The summed E-state index contributed by atoms with van der Waals surface area (Å²) in [7, 11) is 0.